The number of likely N-dealkylation sites (tertiary alicyclic amines) is 1. The van der Waals surface area contributed by atoms with Gasteiger partial charge in [-0.2, -0.15) is 5.10 Å². The van der Waals surface area contributed by atoms with Crippen LogP contribution >= 0.6 is 0 Å². The highest BCUT2D eigenvalue weighted by Gasteiger charge is 2.29. The van der Waals surface area contributed by atoms with Gasteiger partial charge in [0.25, 0.3) is 0 Å². The van der Waals surface area contributed by atoms with Gasteiger partial charge in [0.1, 0.15) is 5.82 Å². The standard InChI is InChI=1S/C18H28N6/c1-13-16(14(2)23(5)21-13)12-24-10-6-7-17(24)18-19-9-8-15(20-18)11-22(3)4/h8-9,17H,6-7,10-12H2,1-5H3. The molecule has 0 radical (unpaired) electrons. The third kappa shape index (κ3) is 3.49. The molecule has 2 aromatic heterocycles. The highest BCUT2D eigenvalue weighted by Crippen LogP contribution is 2.32. The summed E-state index contributed by atoms with van der Waals surface area (Å²) in [4.78, 5) is 14.0. The molecule has 24 heavy (non-hydrogen) atoms. The molecular formula is C18H28N6. The molecule has 0 aromatic carbocycles. The first kappa shape index (κ1) is 17.0. The third-order valence-electron chi connectivity index (χ3n) is 4.89. The lowest BCUT2D eigenvalue weighted by molar-refractivity contribution is 0.238. The van der Waals surface area contributed by atoms with E-state index in [0.717, 1.165) is 43.3 Å². The molecule has 1 atom stereocenters. The minimum absolute atomic E-state index is 0.311. The summed E-state index contributed by atoms with van der Waals surface area (Å²) in [7, 11) is 6.15. The highest BCUT2D eigenvalue weighted by molar-refractivity contribution is 5.24. The molecule has 1 unspecified atom stereocenters. The maximum absolute atomic E-state index is 4.82. The van der Waals surface area contributed by atoms with Gasteiger partial charge in [0, 0.05) is 37.6 Å². The fourth-order valence-corrected chi connectivity index (χ4v) is 3.54. The Labute approximate surface area is 144 Å². The fraction of sp³-hybridized carbons (Fsp3) is 0.611. The van der Waals surface area contributed by atoms with Gasteiger partial charge in [-0.25, -0.2) is 9.97 Å². The van der Waals surface area contributed by atoms with Crippen molar-refractivity contribution in [2.45, 2.75) is 45.8 Å². The SMILES string of the molecule is Cc1nn(C)c(C)c1CN1CCCC1c1nccc(CN(C)C)n1. The van der Waals surface area contributed by atoms with E-state index in [1.165, 1.54) is 17.7 Å². The van der Waals surface area contributed by atoms with Gasteiger partial charge in [-0.1, -0.05) is 0 Å². The maximum atomic E-state index is 4.82. The van der Waals surface area contributed by atoms with Crippen LogP contribution in [-0.2, 0) is 20.1 Å². The van der Waals surface area contributed by atoms with Crippen LogP contribution in [0.25, 0.3) is 0 Å². The van der Waals surface area contributed by atoms with E-state index in [-0.39, 0.29) is 0 Å². The Morgan fingerprint density at radius 1 is 1.29 bits per heavy atom. The van der Waals surface area contributed by atoms with Crippen molar-refractivity contribution in [3.05, 3.63) is 40.7 Å². The van der Waals surface area contributed by atoms with Crippen molar-refractivity contribution in [1.29, 1.82) is 0 Å². The van der Waals surface area contributed by atoms with Crippen LogP contribution in [0.5, 0.6) is 0 Å². The van der Waals surface area contributed by atoms with Crippen LogP contribution in [0.1, 0.15) is 47.4 Å². The van der Waals surface area contributed by atoms with Crippen molar-refractivity contribution in [2.75, 3.05) is 20.6 Å². The Kier molecular flexibility index (Phi) is 4.96. The Morgan fingerprint density at radius 3 is 2.75 bits per heavy atom. The first-order valence-electron chi connectivity index (χ1n) is 8.65. The van der Waals surface area contributed by atoms with Crippen LogP contribution in [0.2, 0.25) is 0 Å². The van der Waals surface area contributed by atoms with Crippen LogP contribution < -0.4 is 0 Å². The second kappa shape index (κ2) is 6.99. The lowest BCUT2D eigenvalue weighted by Gasteiger charge is -2.24. The topological polar surface area (TPSA) is 50.1 Å². The van der Waals surface area contributed by atoms with Crippen molar-refractivity contribution in [3.8, 4) is 0 Å². The van der Waals surface area contributed by atoms with Gasteiger partial charge in [-0.05, 0) is 53.4 Å². The predicted molar refractivity (Wildman–Crippen MR) is 94.5 cm³/mol. The Bertz CT molecular complexity index is 706. The summed E-state index contributed by atoms with van der Waals surface area (Å²) in [6.45, 7) is 7.12. The molecule has 0 saturated carbocycles. The molecule has 2 aromatic rings. The van der Waals surface area contributed by atoms with Gasteiger partial charge < -0.3 is 4.90 Å². The summed E-state index contributed by atoms with van der Waals surface area (Å²) in [5.41, 5.74) is 4.81. The molecule has 6 heteroatoms. The molecule has 0 bridgehead atoms. The van der Waals surface area contributed by atoms with Gasteiger partial charge >= 0.3 is 0 Å². The van der Waals surface area contributed by atoms with Gasteiger partial charge in [-0.3, -0.25) is 9.58 Å². The van der Waals surface area contributed by atoms with E-state index in [2.05, 4.69) is 47.8 Å². The quantitative estimate of drug-likeness (QED) is 0.842. The lowest BCUT2D eigenvalue weighted by atomic mass is 10.1. The summed E-state index contributed by atoms with van der Waals surface area (Å²) in [6, 6.07) is 2.32. The molecule has 0 aliphatic carbocycles. The lowest BCUT2D eigenvalue weighted by Crippen LogP contribution is -2.25. The Morgan fingerprint density at radius 2 is 2.08 bits per heavy atom. The van der Waals surface area contributed by atoms with E-state index in [4.69, 9.17) is 4.98 Å². The zero-order valence-corrected chi connectivity index (χ0v) is 15.5. The summed E-state index contributed by atoms with van der Waals surface area (Å²) >= 11 is 0. The van der Waals surface area contributed by atoms with Crippen LogP contribution in [0.15, 0.2) is 12.3 Å². The fourth-order valence-electron chi connectivity index (χ4n) is 3.54. The maximum Gasteiger partial charge on any atom is 0.145 e. The molecule has 6 nitrogen and oxygen atoms in total. The first-order chi connectivity index (χ1) is 11.5. The molecule has 0 amide bonds. The third-order valence-corrected chi connectivity index (χ3v) is 4.89. The first-order valence-corrected chi connectivity index (χ1v) is 8.65. The van der Waals surface area contributed by atoms with Crippen LogP contribution in [0.3, 0.4) is 0 Å². The van der Waals surface area contributed by atoms with Crippen molar-refractivity contribution in [1.82, 2.24) is 29.5 Å². The smallest absolute Gasteiger partial charge is 0.145 e. The van der Waals surface area contributed by atoms with Gasteiger partial charge in [0.2, 0.25) is 0 Å². The summed E-state index contributed by atoms with van der Waals surface area (Å²) < 4.78 is 1.98. The zero-order valence-electron chi connectivity index (χ0n) is 15.5. The molecule has 3 heterocycles. The second-order valence-corrected chi connectivity index (χ2v) is 7.05. The molecule has 1 fully saturated rings. The van der Waals surface area contributed by atoms with Crippen molar-refractivity contribution in [3.63, 3.8) is 0 Å². The van der Waals surface area contributed by atoms with Crippen molar-refractivity contribution < 1.29 is 0 Å². The average molecular weight is 328 g/mol. The molecule has 0 N–H and O–H groups in total. The number of hydrogen-bond donors (Lipinski definition) is 0. The number of hydrogen-bond acceptors (Lipinski definition) is 5. The number of nitrogens with zero attached hydrogens (tertiary/aromatic N) is 6. The minimum Gasteiger partial charge on any atom is -0.304 e. The molecule has 3 rings (SSSR count). The van der Waals surface area contributed by atoms with E-state index >= 15 is 0 Å². The molecule has 1 aliphatic rings. The Hall–Kier alpha value is -1.79. The molecule has 130 valence electrons. The number of rotatable bonds is 5. The largest absolute Gasteiger partial charge is 0.304 e. The normalized spacial score (nSPS) is 18.7. The summed E-state index contributed by atoms with van der Waals surface area (Å²) in [6.07, 6.45) is 4.23. The van der Waals surface area contributed by atoms with E-state index in [1.54, 1.807) is 0 Å². The zero-order chi connectivity index (χ0) is 17.3. The Balaban J connectivity index is 1.80. The summed E-state index contributed by atoms with van der Waals surface area (Å²) in [5, 5.41) is 4.55. The van der Waals surface area contributed by atoms with Gasteiger partial charge in [-0.15, -0.1) is 0 Å². The summed E-state index contributed by atoms with van der Waals surface area (Å²) in [5.74, 6) is 0.964. The van der Waals surface area contributed by atoms with E-state index in [9.17, 15) is 0 Å². The van der Waals surface area contributed by atoms with E-state index in [1.807, 2.05) is 24.0 Å². The second-order valence-electron chi connectivity index (χ2n) is 7.05. The van der Waals surface area contributed by atoms with E-state index in [0.29, 0.717) is 6.04 Å². The molecule has 1 saturated heterocycles. The minimum atomic E-state index is 0.311. The number of aryl methyl sites for hydroxylation is 2. The van der Waals surface area contributed by atoms with Crippen LogP contribution in [0, 0.1) is 13.8 Å². The van der Waals surface area contributed by atoms with Crippen LogP contribution in [0.4, 0.5) is 0 Å². The molecule has 1 aliphatic heterocycles. The monoisotopic (exact) mass is 328 g/mol. The number of aromatic nitrogens is 4. The van der Waals surface area contributed by atoms with Crippen LogP contribution in [-0.4, -0.2) is 50.2 Å². The van der Waals surface area contributed by atoms with E-state index < -0.39 is 0 Å². The average Bonchev–Trinajstić information content (AvgIpc) is 3.07. The van der Waals surface area contributed by atoms with Gasteiger partial charge in [0.05, 0.1) is 17.4 Å². The molecular weight excluding hydrogens is 300 g/mol. The van der Waals surface area contributed by atoms with Crippen molar-refractivity contribution >= 4 is 0 Å². The molecule has 0 spiro atoms. The predicted octanol–water partition coefficient (Wildman–Crippen LogP) is 2.23. The highest BCUT2D eigenvalue weighted by atomic mass is 15.3. The van der Waals surface area contributed by atoms with Crippen molar-refractivity contribution in [2.24, 2.45) is 7.05 Å². The van der Waals surface area contributed by atoms with Gasteiger partial charge in [0.15, 0.2) is 0 Å².